The Kier molecular flexibility index (Phi) is 4.17. The standard InChI is InChI=1S/C15H9F3N4OS/c16-7-1-2-12-11(6-7)13(14(23)20-12)21-22-15(24)19-10-4-8(17)3-9(18)5-10/h1-6,20,23H,(H,19,24). The fraction of sp³-hybridized carbons (Fsp3) is 0. The SMILES string of the molecule is Oc1[nH]c2ccc(F)cc2c1N=NC(=S)Nc1cc(F)cc(F)c1. The molecule has 3 N–H and O–H groups in total. The molecule has 2 aromatic carbocycles. The molecule has 0 saturated carbocycles. The molecule has 1 heterocycles. The molecule has 122 valence electrons. The summed E-state index contributed by atoms with van der Waals surface area (Å²) >= 11 is 4.91. The van der Waals surface area contributed by atoms with Gasteiger partial charge in [-0.25, -0.2) is 13.2 Å². The predicted octanol–water partition coefficient (Wildman–Crippen LogP) is 4.77. The maximum absolute atomic E-state index is 13.3. The lowest BCUT2D eigenvalue weighted by Crippen LogP contribution is -2.05. The van der Waals surface area contributed by atoms with E-state index in [0.717, 1.165) is 12.1 Å². The minimum absolute atomic E-state index is 0.000859. The molecule has 0 saturated heterocycles. The van der Waals surface area contributed by atoms with Crippen LogP contribution in [0.25, 0.3) is 10.9 Å². The summed E-state index contributed by atoms with van der Waals surface area (Å²) in [4.78, 5) is 2.61. The number of nitrogens with zero attached hydrogens (tertiary/aromatic N) is 2. The summed E-state index contributed by atoms with van der Waals surface area (Å²) in [5, 5.41) is 19.8. The first kappa shape index (κ1) is 15.9. The number of H-pyrrole nitrogens is 1. The Morgan fingerprint density at radius 2 is 1.75 bits per heavy atom. The minimum Gasteiger partial charge on any atom is -0.493 e. The maximum Gasteiger partial charge on any atom is 0.218 e. The number of hydrogen-bond acceptors (Lipinski definition) is 3. The molecule has 0 bridgehead atoms. The number of fused-ring (bicyclic) bond motifs is 1. The highest BCUT2D eigenvalue weighted by molar-refractivity contribution is 7.80. The van der Waals surface area contributed by atoms with E-state index >= 15 is 0 Å². The lowest BCUT2D eigenvalue weighted by Gasteiger charge is -2.03. The second-order valence-corrected chi connectivity index (χ2v) is 5.19. The summed E-state index contributed by atoms with van der Waals surface area (Å²) in [6.07, 6.45) is 0. The van der Waals surface area contributed by atoms with Gasteiger partial charge in [-0.05, 0) is 42.5 Å². The van der Waals surface area contributed by atoms with E-state index in [9.17, 15) is 18.3 Å². The zero-order valence-corrected chi connectivity index (χ0v) is 12.7. The number of azo groups is 1. The van der Waals surface area contributed by atoms with Crippen molar-refractivity contribution in [2.75, 3.05) is 5.32 Å². The van der Waals surface area contributed by atoms with Crippen LogP contribution in [-0.4, -0.2) is 15.2 Å². The zero-order chi connectivity index (χ0) is 17.3. The van der Waals surface area contributed by atoms with Crippen LogP contribution in [0.15, 0.2) is 46.6 Å². The second kappa shape index (κ2) is 6.28. The first-order chi connectivity index (χ1) is 11.4. The maximum atomic E-state index is 13.3. The Morgan fingerprint density at radius 3 is 2.46 bits per heavy atom. The summed E-state index contributed by atoms with van der Waals surface area (Å²) < 4.78 is 39.5. The van der Waals surface area contributed by atoms with E-state index in [0.29, 0.717) is 17.0 Å². The molecule has 0 amide bonds. The van der Waals surface area contributed by atoms with Crippen molar-refractivity contribution in [2.24, 2.45) is 10.2 Å². The van der Waals surface area contributed by atoms with Crippen molar-refractivity contribution >= 4 is 39.6 Å². The molecule has 0 spiro atoms. The van der Waals surface area contributed by atoms with Gasteiger partial charge in [0.1, 0.15) is 17.5 Å². The third kappa shape index (κ3) is 3.35. The number of benzene rings is 2. The molecule has 3 aromatic rings. The smallest absolute Gasteiger partial charge is 0.218 e. The van der Waals surface area contributed by atoms with Gasteiger partial charge in [0, 0.05) is 17.1 Å². The molecule has 1 aromatic heterocycles. The summed E-state index contributed by atoms with van der Waals surface area (Å²) in [5.74, 6) is -2.36. The Bertz CT molecular complexity index is 951. The average Bonchev–Trinajstić information content (AvgIpc) is 2.79. The van der Waals surface area contributed by atoms with E-state index in [2.05, 4.69) is 20.5 Å². The Hall–Kier alpha value is -2.94. The highest BCUT2D eigenvalue weighted by Gasteiger charge is 2.11. The van der Waals surface area contributed by atoms with Gasteiger partial charge < -0.3 is 15.4 Å². The number of anilines is 1. The van der Waals surface area contributed by atoms with E-state index < -0.39 is 17.5 Å². The minimum atomic E-state index is -0.776. The lowest BCUT2D eigenvalue weighted by atomic mass is 10.2. The number of nitrogens with one attached hydrogen (secondary N) is 2. The normalized spacial score (nSPS) is 11.3. The lowest BCUT2D eigenvalue weighted by molar-refractivity contribution is 0.459. The van der Waals surface area contributed by atoms with Gasteiger partial charge in [-0.1, -0.05) is 0 Å². The third-order valence-corrected chi connectivity index (χ3v) is 3.25. The van der Waals surface area contributed by atoms with Crippen molar-refractivity contribution in [1.29, 1.82) is 0 Å². The Balaban J connectivity index is 1.84. The van der Waals surface area contributed by atoms with Crippen LogP contribution < -0.4 is 5.32 Å². The first-order valence-electron chi connectivity index (χ1n) is 6.61. The highest BCUT2D eigenvalue weighted by atomic mass is 32.1. The largest absolute Gasteiger partial charge is 0.493 e. The van der Waals surface area contributed by atoms with Crippen molar-refractivity contribution in [3.8, 4) is 5.88 Å². The molecular formula is C15H9F3N4OS. The molecule has 9 heteroatoms. The quantitative estimate of drug-likeness (QED) is 0.460. The number of aromatic nitrogens is 1. The van der Waals surface area contributed by atoms with E-state index in [1.165, 1.54) is 18.2 Å². The molecule has 0 aliphatic rings. The fourth-order valence-corrected chi connectivity index (χ4v) is 2.27. The molecule has 24 heavy (non-hydrogen) atoms. The summed E-state index contributed by atoms with van der Waals surface area (Å²) in [6, 6.07) is 6.62. The summed E-state index contributed by atoms with van der Waals surface area (Å²) in [6.45, 7) is 0. The number of thiocarbonyl (C=S) groups is 1. The number of aromatic amines is 1. The third-order valence-electron chi connectivity index (χ3n) is 3.07. The van der Waals surface area contributed by atoms with Gasteiger partial charge >= 0.3 is 0 Å². The predicted molar refractivity (Wildman–Crippen MR) is 87.0 cm³/mol. The van der Waals surface area contributed by atoms with Crippen molar-refractivity contribution in [1.82, 2.24) is 4.98 Å². The van der Waals surface area contributed by atoms with Crippen LogP contribution in [0, 0.1) is 17.5 Å². The van der Waals surface area contributed by atoms with E-state index in [1.54, 1.807) is 0 Å². The highest BCUT2D eigenvalue weighted by Crippen LogP contribution is 2.35. The molecular weight excluding hydrogens is 341 g/mol. The monoisotopic (exact) mass is 350 g/mol. The topological polar surface area (TPSA) is 72.8 Å². The van der Waals surface area contributed by atoms with Crippen LogP contribution >= 0.6 is 12.2 Å². The van der Waals surface area contributed by atoms with Gasteiger partial charge in [-0.3, -0.25) is 0 Å². The second-order valence-electron chi connectivity index (χ2n) is 4.80. The van der Waals surface area contributed by atoms with Crippen molar-refractivity contribution in [2.45, 2.75) is 0 Å². The average molecular weight is 350 g/mol. The molecule has 0 fully saturated rings. The Labute approximate surface area is 138 Å². The molecule has 0 aliphatic heterocycles. The van der Waals surface area contributed by atoms with E-state index in [-0.39, 0.29) is 22.4 Å². The van der Waals surface area contributed by atoms with E-state index in [1.807, 2.05) is 0 Å². The molecule has 3 rings (SSSR count). The molecule has 0 atom stereocenters. The van der Waals surface area contributed by atoms with Gasteiger partial charge in [-0.2, -0.15) is 0 Å². The summed E-state index contributed by atoms with van der Waals surface area (Å²) in [5.41, 5.74) is 0.527. The zero-order valence-electron chi connectivity index (χ0n) is 11.8. The molecule has 0 aliphatic carbocycles. The van der Waals surface area contributed by atoms with Crippen molar-refractivity contribution in [3.63, 3.8) is 0 Å². The van der Waals surface area contributed by atoms with Crippen LogP contribution in [0.4, 0.5) is 24.5 Å². The van der Waals surface area contributed by atoms with Crippen molar-refractivity contribution < 1.29 is 18.3 Å². The first-order valence-corrected chi connectivity index (χ1v) is 7.02. The number of halogens is 3. The van der Waals surface area contributed by atoms with Gasteiger partial charge in [0.2, 0.25) is 11.0 Å². The van der Waals surface area contributed by atoms with Crippen LogP contribution in [0.5, 0.6) is 5.88 Å². The summed E-state index contributed by atoms with van der Waals surface area (Å²) in [7, 11) is 0. The number of hydrogen-bond donors (Lipinski definition) is 3. The van der Waals surface area contributed by atoms with Gasteiger partial charge in [-0.15, -0.1) is 10.2 Å². The number of rotatable bonds is 2. The van der Waals surface area contributed by atoms with Gasteiger partial charge in [0.25, 0.3) is 0 Å². The Morgan fingerprint density at radius 1 is 1.04 bits per heavy atom. The van der Waals surface area contributed by atoms with Crippen LogP contribution in [0.1, 0.15) is 0 Å². The molecule has 5 nitrogen and oxygen atoms in total. The molecule has 0 unspecified atom stereocenters. The van der Waals surface area contributed by atoms with Crippen molar-refractivity contribution in [3.05, 3.63) is 53.8 Å². The van der Waals surface area contributed by atoms with Gasteiger partial charge in [0.15, 0.2) is 5.69 Å². The van der Waals surface area contributed by atoms with Crippen LogP contribution in [0.3, 0.4) is 0 Å². The fourth-order valence-electron chi connectivity index (χ4n) is 2.11. The molecule has 0 radical (unpaired) electrons. The van der Waals surface area contributed by atoms with Crippen LogP contribution in [0.2, 0.25) is 0 Å². The number of aromatic hydroxyl groups is 1. The van der Waals surface area contributed by atoms with Gasteiger partial charge in [0.05, 0.1) is 5.52 Å². The van der Waals surface area contributed by atoms with Crippen LogP contribution in [-0.2, 0) is 0 Å². The van der Waals surface area contributed by atoms with E-state index in [4.69, 9.17) is 12.2 Å².